The highest BCUT2D eigenvalue weighted by molar-refractivity contribution is 7.99. The minimum absolute atomic E-state index is 0.0458. The Hall–Kier alpha value is -3.45. The molecule has 31 heavy (non-hydrogen) atoms. The van der Waals surface area contributed by atoms with E-state index in [1.165, 1.54) is 17.3 Å². The maximum atomic E-state index is 12.5. The van der Waals surface area contributed by atoms with Crippen molar-refractivity contribution in [3.63, 3.8) is 0 Å². The van der Waals surface area contributed by atoms with E-state index in [0.29, 0.717) is 5.16 Å². The molecule has 0 bridgehead atoms. The first-order valence-electron chi connectivity index (χ1n) is 9.99. The van der Waals surface area contributed by atoms with Crippen molar-refractivity contribution in [1.82, 2.24) is 25.1 Å². The summed E-state index contributed by atoms with van der Waals surface area (Å²) in [5, 5.41) is 12.2. The maximum Gasteiger partial charge on any atom is 0.230 e. The van der Waals surface area contributed by atoms with Crippen LogP contribution in [0.5, 0.6) is 0 Å². The van der Waals surface area contributed by atoms with Gasteiger partial charge >= 0.3 is 0 Å². The van der Waals surface area contributed by atoms with Crippen molar-refractivity contribution >= 4 is 17.7 Å². The average molecular weight is 430 g/mol. The molecule has 6 nitrogen and oxygen atoms in total. The van der Waals surface area contributed by atoms with Gasteiger partial charge in [-0.3, -0.25) is 9.78 Å². The zero-order chi connectivity index (χ0) is 21.6. The van der Waals surface area contributed by atoms with Crippen molar-refractivity contribution in [2.45, 2.75) is 18.1 Å². The third kappa shape index (κ3) is 5.00. The molecular weight excluding hydrogens is 406 g/mol. The summed E-state index contributed by atoms with van der Waals surface area (Å²) in [6, 6.07) is 22.2. The fraction of sp³-hybridized carbons (Fsp3) is 0.167. The molecule has 7 heteroatoms. The highest BCUT2D eigenvalue weighted by Gasteiger charge is 2.15. The molecule has 156 valence electrons. The van der Waals surface area contributed by atoms with Crippen LogP contribution in [0.2, 0.25) is 0 Å². The van der Waals surface area contributed by atoms with Crippen molar-refractivity contribution in [3.8, 4) is 22.5 Å². The van der Waals surface area contributed by atoms with E-state index >= 15 is 0 Å². The quantitative estimate of drug-likeness (QED) is 0.438. The molecule has 2 aromatic carbocycles. The van der Waals surface area contributed by atoms with Crippen molar-refractivity contribution in [2.24, 2.45) is 7.05 Å². The van der Waals surface area contributed by atoms with Crippen molar-refractivity contribution in [1.29, 1.82) is 0 Å². The molecule has 0 radical (unpaired) electrons. The largest absolute Gasteiger partial charge is 0.349 e. The number of hydrogen-bond donors (Lipinski definition) is 1. The summed E-state index contributed by atoms with van der Waals surface area (Å²) in [6.07, 6.45) is 3.46. The van der Waals surface area contributed by atoms with E-state index in [0.717, 1.165) is 22.5 Å². The number of carbonyl (C=O) groups is 1. The predicted molar refractivity (Wildman–Crippen MR) is 123 cm³/mol. The molecule has 2 aromatic heterocycles. The van der Waals surface area contributed by atoms with Crippen LogP contribution in [0.1, 0.15) is 18.5 Å². The highest BCUT2D eigenvalue weighted by atomic mass is 32.2. The highest BCUT2D eigenvalue weighted by Crippen LogP contribution is 2.23. The smallest absolute Gasteiger partial charge is 0.230 e. The second-order valence-corrected chi connectivity index (χ2v) is 8.12. The number of hydrogen-bond acceptors (Lipinski definition) is 5. The minimum atomic E-state index is -0.0802. The number of nitrogens with one attached hydrogen (secondary N) is 1. The van der Waals surface area contributed by atoms with Crippen molar-refractivity contribution < 1.29 is 4.79 Å². The van der Waals surface area contributed by atoms with Gasteiger partial charge in [-0.1, -0.05) is 66.4 Å². The summed E-state index contributed by atoms with van der Waals surface area (Å²) in [5.74, 6) is 0.948. The number of benzene rings is 2. The summed E-state index contributed by atoms with van der Waals surface area (Å²) in [7, 11) is 1.89. The molecule has 0 spiro atoms. The van der Waals surface area contributed by atoms with Crippen molar-refractivity contribution in [2.75, 3.05) is 5.75 Å². The standard InChI is InChI=1S/C24H23N5OS/c1-17(18-10-12-20(13-11-18)19-7-4-3-5-8-19)26-22(30)16-31-24-28-27-23(29(24)2)21-9-6-14-25-15-21/h3-15,17H,16H2,1-2H3,(H,26,30)/t17-/m0/s1. The number of aromatic nitrogens is 4. The Bertz CT molecular complexity index is 1140. The van der Waals surface area contributed by atoms with Crippen LogP contribution in [0.25, 0.3) is 22.5 Å². The topological polar surface area (TPSA) is 72.7 Å². The Balaban J connectivity index is 1.33. The van der Waals surface area contributed by atoms with Crippen LogP contribution in [0.3, 0.4) is 0 Å². The van der Waals surface area contributed by atoms with Crippen LogP contribution >= 0.6 is 11.8 Å². The lowest BCUT2D eigenvalue weighted by Crippen LogP contribution is -2.28. The van der Waals surface area contributed by atoms with Crippen molar-refractivity contribution in [3.05, 3.63) is 84.7 Å². The average Bonchev–Trinajstić information content (AvgIpc) is 3.19. The maximum absolute atomic E-state index is 12.5. The van der Waals surface area contributed by atoms with E-state index in [9.17, 15) is 4.79 Å². The van der Waals surface area contributed by atoms with Crippen LogP contribution < -0.4 is 5.32 Å². The number of carbonyl (C=O) groups excluding carboxylic acids is 1. The van der Waals surface area contributed by atoms with E-state index in [2.05, 4.69) is 56.9 Å². The summed E-state index contributed by atoms with van der Waals surface area (Å²) in [6.45, 7) is 1.99. The van der Waals surface area contributed by atoms with Gasteiger partial charge in [0, 0.05) is 25.0 Å². The second kappa shape index (κ2) is 9.57. The van der Waals surface area contributed by atoms with Gasteiger partial charge in [0.05, 0.1) is 11.8 Å². The third-order valence-corrected chi connectivity index (χ3v) is 6.00. The Kier molecular flexibility index (Phi) is 6.43. The zero-order valence-corrected chi connectivity index (χ0v) is 18.2. The van der Waals surface area contributed by atoms with Crippen LogP contribution in [-0.4, -0.2) is 31.4 Å². The van der Waals surface area contributed by atoms with E-state index in [1.807, 2.05) is 48.9 Å². The molecule has 0 saturated heterocycles. The first kappa shape index (κ1) is 20.8. The van der Waals surface area contributed by atoms with Gasteiger partial charge in [0.25, 0.3) is 0 Å². The van der Waals surface area contributed by atoms with Crippen LogP contribution in [-0.2, 0) is 11.8 Å². The fourth-order valence-corrected chi connectivity index (χ4v) is 4.00. The number of thioether (sulfide) groups is 1. The van der Waals surface area contributed by atoms with Gasteiger partial charge in [0.15, 0.2) is 11.0 Å². The Morgan fingerprint density at radius 3 is 2.39 bits per heavy atom. The lowest BCUT2D eigenvalue weighted by molar-refractivity contribution is -0.119. The van der Waals surface area contributed by atoms with Gasteiger partial charge in [-0.05, 0) is 35.7 Å². The van der Waals surface area contributed by atoms with E-state index < -0.39 is 0 Å². The van der Waals surface area contributed by atoms with E-state index in [4.69, 9.17) is 0 Å². The molecule has 1 atom stereocenters. The summed E-state index contributed by atoms with van der Waals surface area (Å²) < 4.78 is 1.88. The molecule has 2 heterocycles. The Labute approximate surface area is 185 Å². The molecular formula is C24H23N5OS. The second-order valence-electron chi connectivity index (χ2n) is 7.17. The molecule has 0 aliphatic carbocycles. The van der Waals surface area contributed by atoms with Gasteiger partial charge in [-0.25, -0.2) is 0 Å². The van der Waals surface area contributed by atoms with Gasteiger partial charge in [0.2, 0.25) is 5.91 Å². The number of rotatable bonds is 7. The van der Waals surface area contributed by atoms with E-state index in [1.54, 1.807) is 12.4 Å². The number of amides is 1. The molecule has 0 fully saturated rings. The Morgan fingerprint density at radius 2 is 1.68 bits per heavy atom. The SMILES string of the molecule is C[C@H](NC(=O)CSc1nnc(-c2cccnc2)n1C)c1ccc(-c2ccccc2)cc1. The minimum Gasteiger partial charge on any atom is -0.349 e. The number of nitrogens with zero attached hydrogens (tertiary/aromatic N) is 4. The van der Waals surface area contributed by atoms with Gasteiger partial charge < -0.3 is 9.88 Å². The molecule has 4 rings (SSSR count). The van der Waals surface area contributed by atoms with E-state index in [-0.39, 0.29) is 17.7 Å². The summed E-state index contributed by atoms with van der Waals surface area (Å²) in [5.41, 5.74) is 4.29. The first-order valence-corrected chi connectivity index (χ1v) is 11.0. The van der Waals surface area contributed by atoms with Gasteiger partial charge in [-0.2, -0.15) is 0 Å². The third-order valence-electron chi connectivity index (χ3n) is 4.98. The van der Waals surface area contributed by atoms with Gasteiger partial charge in [-0.15, -0.1) is 10.2 Å². The summed E-state index contributed by atoms with van der Waals surface area (Å²) in [4.78, 5) is 16.6. The van der Waals surface area contributed by atoms with Gasteiger partial charge in [0.1, 0.15) is 0 Å². The predicted octanol–water partition coefficient (Wildman–Crippen LogP) is 4.51. The zero-order valence-electron chi connectivity index (χ0n) is 17.4. The van der Waals surface area contributed by atoms with Crippen LogP contribution in [0, 0.1) is 0 Å². The molecule has 1 N–H and O–H groups in total. The number of pyridine rings is 1. The Morgan fingerprint density at radius 1 is 0.968 bits per heavy atom. The molecule has 0 aliphatic heterocycles. The molecule has 0 unspecified atom stereocenters. The fourth-order valence-electron chi connectivity index (χ4n) is 3.28. The summed E-state index contributed by atoms with van der Waals surface area (Å²) >= 11 is 1.36. The van der Waals surface area contributed by atoms with Crippen LogP contribution in [0.4, 0.5) is 0 Å². The monoisotopic (exact) mass is 429 g/mol. The van der Waals surface area contributed by atoms with Crippen LogP contribution in [0.15, 0.2) is 84.3 Å². The normalized spacial score (nSPS) is 11.8. The first-order chi connectivity index (χ1) is 15.1. The lowest BCUT2D eigenvalue weighted by atomic mass is 10.0. The molecule has 0 saturated carbocycles. The molecule has 1 amide bonds. The molecule has 4 aromatic rings. The lowest BCUT2D eigenvalue weighted by Gasteiger charge is -2.15. The molecule has 0 aliphatic rings.